The van der Waals surface area contributed by atoms with Crippen LogP contribution in [0.15, 0.2) is 55.3 Å². The van der Waals surface area contributed by atoms with Crippen LogP contribution < -0.4 is 0 Å². The van der Waals surface area contributed by atoms with Gasteiger partial charge in [-0.15, -0.1) is 18.9 Å². The minimum absolute atomic E-state index is 1.11. The van der Waals surface area contributed by atoms with Crippen LogP contribution in [-0.4, -0.2) is 0 Å². The summed E-state index contributed by atoms with van der Waals surface area (Å²) in [7, 11) is 0. The third-order valence-corrected chi connectivity index (χ3v) is 1.60. The molecule has 0 fully saturated rings. The van der Waals surface area contributed by atoms with Gasteiger partial charge in [0.15, 0.2) is 0 Å². The van der Waals surface area contributed by atoms with Crippen LogP contribution in [0.3, 0.4) is 0 Å². The zero-order valence-corrected chi connectivity index (χ0v) is 8.87. The van der Waals surface area contributed by atoms with Crippen molar-refractivity contribution in [2.75, 3.05) is 0 Å². The minimum atomic E-state index is 1.11. The Morgan fingerprint density at radius 2 is 1.86 bits per heavy atom. The van der Waals surface area contributed by atoms with Gasteiger partial charge in [0.05, 0.1) is 0 Å². The fraction of sp³-hybridized carbons (Fsp3) is 0.214. The second-order valence-electron chi connectivity index (χ2n) is 2.71. The first-order chi connectivity index (χ1) is 6.93. The van der Waals surface area contributed by atoms with Crippen LogP contribution in [-0.2, 0) is 0 Å². The van der Waals surface area contributed by atoms with E-state index in [1.807, 2.05) is 24.3 Å². The van der Waals surface area contributed by atoms with Gasteiger partial charge >= 0.3 is 0 Å². The summed E-state index contributed by atoms with van der Waals surface area (Å²) in [4.78, 5) is 0. The predicted octanol–water partition coefficient (Wildman–Crippen LogP) is 4.46. The highest BCUT2D eigenvalue weighted by molar-refractivity contribution is 5.47. The molecular formula is C14H18. The summed E-state index contributed by atoms with van der Waals surface area (Å²) in [5.41, 5.74) is 4.37. The number of unbranched alkanes of at least 4 members (excludes halogenated alkanes) is 1. The van der Waals surface area contributed by atoms with E-state index in [9.17, 15) is 0 Å². The smallest absolute Gasteiger partial charge is 0.0131 e. The third-order valence-electron chi connectivity index (χ3n) is 1.60. The lowest BCUT2D eigenvalue weighted by Crippen LogP contribution is -1.65. The van der Waals surface area contributed by atoms with E-state index in [-0.39, 0.29) is 0 Å². The van der Waals surface area contributed by atoms with Crippen LogP contribution in [0.4, 0.5) is 0 Å². The van der Waals surface area contributed by atoms with Crippen molar-refractivity contribution in [1.29, 1.82) is 0 Å². The normalized spacial score (nSPS) is 7.79. The van der Waals surface area contributed by atoms with Crippen LogP contribution in [0.2, 0.25) is 0 Å². The SMILES string of the molecule is C=C.CCCC=C=Cc1ccccc1. The van der Waals surface area contributed by atoms with Gasteiger partial charge in [-0.1, -0.05) is 43.7 Å². The Morgan fingerprint density at radius 3 is 2.43 bits per heavy atom. The second kappa shape index (κ2) is 9.57. The lowest BCUT2D eigenvalue weighted by atomic mass is 10.2. The van der Waals surface area contributed by atoms with Crippen LogP contribution in [0.25, 0.3) is 6.08 Å². The Labute approximate surface area is 87.3 Å². The lowest BCUT2D eigenvalue weighted by molar-refractivity contribution is 0.960. The molecule has 0 bridgehead atoms. The number of hydrogen-bond acceptors (Lipinski definition) is 0. The molecule has 1 rings (SSSR count). The molecule has 0 unspecified atom stereocenters. The van der Waals surface area contributed by atoms with E-state index in [1.165, 1.54) is 12.0 Å². The second-order valence-corrected chi connectivity index (χ2v) is 2.71. The molecule has 0 aliphatic carbocycles. The number of hydrogen-bond donors (Lipinski definition) is 0. The molecule has 0 radical (unpaired) electrons. The van der Waals surface area contributed by atoms with Crippen molar-refractivity contribution in [3.05, 3.63) is 60.9 Å². The van der Waals surface area contributed by atoms with E-state index >= 15 is 0 Å². The minimum Gasteiger partial charge on any atom is -0.125 e. The van der Waals surface area contributed by atoms with Gasteiger partial charge in [0.2, 0.25) is 0 Å². The van der Waals surface area contributed by atoms with E-state index < -0.39 is 0 Å². The van der Waals surface area contributed by atoms with Crippen LogP contribution in [0.1, 0.15) is 25.3 Å². The molecule has 0 saturated carbocycles. The molecule has 0 heteroatoms. The molecule has 0 aliphatic heterocycles. The van der Waals surface area contributed by atoms with Crippen molar-refractivity contribution >= 4 is 6.08 Å². The maximum Gasteiger partial charge on any atom is -0.0131 e. The van der Waals surface area contributed by atoms with E-state index in [4.69, 9.17) is 0 Å². The molecule has 74 valence electrons. The van der Waals surface area contributed by atoms with Gasteiger partial charge < -0.3 is 0 Å². The van der Waals surface area contributed by atoms with E-state index in [2.05, 4.69) is 44.0 Å². The van der Waals surface area contributed by atoms with Gasteiger partial charge in [-0.3, -0.25) is 0 Å². The molecule has 0 heterocycles. The Morgan fingerprint density at radius 1 is 1.21 bits per heavy atom. The van der Waals surface area contributed by atoms with E-state index in [1.54, 1.807) is 0 Å². The molecule has 0 saturated heterocycles. The van der Waals surface area contributed by atoms with E-state index in [0.29, 0.717) is 0 Å². The van der Waals surface area contributed by atoms with Crippen LogP contribution >= 0.6 is 0 Å². The number of benzene rings is 1. The molecule has 0 aliphatic rings. The summed E-state index contributed by atoms with van der Waals surface area (Å²) in [5, 5.41) is 0. The first kappa shape index (κ1) is 12.5. The maximum absolute atomic E-state index is 3.15. The summed E-state index contributed by atoms with van der Waals surface area (Å²) in [5.74, 6) is 0. The summed E-state index contributed by atoms with van der Waals surface area (Å²) in [6.45, 7) is 8.17. The molecule has 0 atom stereocenters. The van der Waals surface area contributed by atoms with Gasteiger partial charge in [0, 0.05) is 0 Å². The van der Waals surface area contributed by atoms with Gasteiger partial charge in [-0.2, -0.15) is 0 Å². The molecule has 14 heavy (non-hydrogen) atoms. The highest BCUT2D eigenvalue weighted by atomic mass is 13.8. The predicted molar refractivity (Wildman–Crippen MR) is 65.2 cm³/mol. The Balaban J connectivity index is 0.000000791. The molecule has 0 amide bonds. The summed E-state index contributed by atoms with van der Waals surface area (Å²) >= 11 is 0. The van der Waals surface area contributed by atoms with Gasteiger partial charge in [-0.05, 0) is 24.1 Å². The largest absolute Gasteiger partial charge is 0.125 e. The highest BCUT2D eigenvalue weighted by Crippen LogP contribution is 1.99. The van der Waals surface area contributed by atoms with Crippen molar-refractivity contribution in [3.63, 3.8) is 0 Å². The molecule has 1 aromatic rings. The van der Waals surface area contributed by atoms with Crippen LogP contribution in [0.5, 0.6) is 0 Å². The summed E-state index contributed by atoms with van der Waals surface area (Å²) < 4.78 is 0. The molecule has 0 spiro atoms. The van der Waals surface area contributed by atoms with Gasteiger partial charge in [0.25, 0.3) is 0 Å². The van der Waals surface area contributed by atoms with Crippen molar-refractivity contribution in [3.8, 4) is 0 Å². The quantitative estimate of drug-likeness (QED) is 0.483. The first-order valence-electron chi connectivity index (χ1n) is 4.89. The zero-order valence-electron chi connectivity index (χ0n) is 8.87. The Kier molecular flexibility index (Phi) is 8.53. The van der Waals surface area contributed by atoms with Crippen molar-refractivity contribution < 1.29 is 0 Å². The molecule has 0 nitrogen and oxygen atoms in total. The number of allylic oxidation sites excluding steroid dienone is 1. The monoisotopic (exact) mass is 186 g/mol. The summed E-state index contributed by atoms with van der Waals surface area (Å²) in [6.07, 6.45) is 6.39. The molecule has 1 aromatic carbocycles. The fourth-order valence-electron chi connectivity index (χ4n) is 0.932. The van der Waals surface area contributed by atoms with Gasteiger partial charge in [-0.25, -0.2) is 0 Å². The molecular weight excluding hydrogens is 168 g/mol. The number of rotatable bonds is 3. The first-order valence-corrected chi connectivity index (χ1v) is 4.89. The lowest BCUT2D eigenvalue weighted by Gasteiger charge is -1.86. The fourth-order valence-corrected chi connectivity index (χ4v) is 0.932. The zero-order chi connectivity index (χ0) is 10.6. The molecule has 0 aromatic heterocycles. The highest BCUT2D eigenvalue weighted by Gasteiger charge is 1.78. The standard InChI is InChI=1S/C12H14.C2H4/c1-2-3-4-6-9-12-10-7-5-8-11-12;1-2/h4-5,7-11H,2-3H2,1H3;1-2H2. The summed E-state index contributed by atoms with van der Waals surface area (Å²) in [6, 6.07) is 10.2. The Bertz CT molecular complexity index is 276. The van der Waals surface area contributed by atoms with Crippen molar-refractivity contribution in [2.45, 2.75) is 19.8 Å². The Hall–Kier alpha value is -1.52. The average Bonchev–Trinajstić information content (AvgIpc) is 2.29. The van der Waals surface area contributed by atoms with Crippen molar-refractivity contribution in [1.82, 2.24) is 0 Å². The van der Waals surface area contributed by atoms with Crippen molar-refractivity contribution in [2.24, 2.45) is 0 Å². The topological polar surface area (TPSA) is 0 Å². The average molecular weight is 186 g/mol. The third kappa shape index (κ3) is 6.05. The maximum atomic E-state index is 3.15. The van der Waals surface area contributed by atoms with Gasteiger partial charge in [0.1, 0.15) is 0 Å². The van der Waals surface area contributed by atoms with Crippen LogP contribution in [0, 0.1) is 0 Å². The van der Waals surface area contributed by atoms with E-state index in [0.717, 1.165) is 6.42 Å². The molecule has 0 N–H and O–H groups in total.